The Bertz CT molecular complexity index is 418. The molecule has 2 amide bonds. The fourth-order valence-corrected chi connectivity index (χ4v) is 4.47. The molecule has 6 nitrogen and oxygen atoms in total. The number of carbonyl (C=O) groups excluding carboxylic acids is 1. The van der Waals surface area contributed by atoms with Gasteiger partial charge in [0, 0.05) is 26.2 Å². The number of urea groups is 1. The fourth-order valence-electron chi connectivity index (χ4n) is 2.70. The maximum atomic E-state index is 11.9. The van der Waals surface area contributed by atoms with E-state index in [1.165, 1.54) is 17.7 Å². The number of nitrogens with one attached hydrogen (secondary N) is 1. The van der Waals surface area contributed by atoms with Gasteiger partial charge in [-0.3, -0.25) is 0 Å². The summed E-state index contributed by atoms with van der Waals surface area (Å²) < 4.78 is 22.8. The molecule has 7 heteroatoms. The van der Waals surface area contributed by atoms with Crippen LogP contribution in [-0.2, 0) is 9.84 Å². The highest BCUT2D eigenvalue weighted by Crippen LogP contribution is 2.16. The Morgan fingerprint density at radius 2 is 2.05 bits per heavy atom. The van der Waals surface area contributed by atoms with Crippen molar-refractivity contribution in [2.75, 3.05) is 44.7 Å². The van der Waals surface area contributed by atoms with Crippen LogP contribution in [0.1, 0.15) is 19.3 Å². The third-order valence-electron chi connectivity index (χ3n) is 3.98. The third-order valence-corrected chi connectivity index (χ3v) is 5.73. The van der Waals surface area contributed by atoms with E-state index in [0.717, 1.165) is 19.6 Å². The van der Waals surface area contributed by atoms with Crippen molar-refractivity contribution in [3.05, 3.63) is 0 Å². The van der Waals surface area contributed by atoms with Crippen molar-refractivity contribution in [1.82, 2.24) is 15.1 Å². The van der Waals surface area contributed by atoms with Crippen molar-refractivity contribution in [3.8, 4) is 0 Å². The summed E-state index contributed by atoms with van der Waals surface area (Å²) >= 11 is 0. The first-order valence-corrected chi connectivity index (χ1v) is 8.73. The Morgan fingerprint density at radius 1 is 1.37 bits per heavy atom. The summed E-state index contributed by atoms with van der Waals surface area (Å²) in [5.74, 6) is 0.298. The zero-order chi connectivity index (χ0) is 13.9. The minimum atomic E-state index is -2.94. The molecule has 2 aliphatic rings. The lowest BCUT2D eigenvalue weighted by molar-refractivity contribution is 0.193. The molecule has 0 unspecified atom stereocenters. The van der Waals surface area contributed by atoms with Crippen LogP contribution in [0.3, 0.4) is 0 Å². The van der Waals surface area contributed by atoms with Crippen LogP contribution in [0.4, 0.5) is 4.79 Å². The van der Waals surface area contributed by atoms with Gasteiger partial charge in [0.05, 0.1) is 11.5 Å². The van der Waals surface area contributed by atoms with E-state index < -0.39 is 9.84 Å². The zero-order valence-corrected chi connectivity index (χ0v) is 12.3. The normalized spacial score (nSPS) is 26.5. The van der Waals surface area contributed by atoms with Crippen molar-refractivity contribution in [2.45, 2.75) is 25.3 Å². The number of carbonyl (C=O) groups is 1. The molecule has 19 heavy (non-hydrogen) atoms. The molecule has 0 spiro atoms. The van der Waals surface area contributed by atoms with Gasteiger partial charge in [0.25, 0.3) is 0 Å². The zero-order valence-electron chi connectivity index (χ0n) is 11.5. The van der Waals surface area contributed by atoms with Crippen LogP contribution < -0.4 is 5.32 Å². The fraction of sp³-hybridized carbons (Fsp3) is 0.917. The van der Waals surface area contributed by atoms with E-state index >= 15 is 0 Å². The van der Waals surface area contributed by atoms with Crippen molar-refractivity contribution in [2.24, 2.45) is 0 Å². The lowest BCUT2D eigenvalue weighted by atomic mass is 10.2. The van der Waals surface area contributed by atoms with Crippen LogP contribution in [0.15, 0.2) is 0 Å². The summed E-state index contributed by atoms with van der Waals surface area (Å²) in [5, 5.41) is 2.86. The molecule has 0 radical (unpaired) electrons. The number of sulfone groups is 1. The van der Waals surface area contributed by atoms with Crippen LogP contribution in [0.25, 0.3) is 0 Å². The molecule has 0 aromatic heterocycles. The Morgan fingerprint density at radius 3 is 2.63 bits per heavy atom. The quantitative estimate of drug-likeness (QED) is 0.785. The Balaban J connectivity index is 1.70. The Hall–Kier alpha value is -0.820. The maximum absolute atomic E-state index is 11.9. The van der Waals surface area contributed by atoms with Gasteiger partial charge in [-0.05, 0) is 32.4 Å². The summed E-state index contributed by atoms with van der Waals surface area (Å²) in [6.45, 7) is 3.74. The second-order valence-corrected chi connectivity index (χ2v) is 7.68. The minimum absolute atomic E-state index is 0.100. The SMILES string of the molecule is CN(C(=O)NCCN1CCCC1)[C@@H]1CCS(=O)(=O)C1. The lowest BCUT2D eigenvalue weighted by Crippen LogP contribution is -2.46. The summed E-state index contributed by atoms with van der Waals surface area (Å²) in [5.41, 5.74) is 0. The van der Waals surface area contributed by atoms with E-state index in [4.69, 9.17) is 0 Å². The van der Waals surface area contributed by atoms with Gasteiger partial charge in [-0.25, -0.2) is 13.2 Å². The number of nitrogens with zero attached hydrogens (tertiary/aromatic N) is 2. The molecule has 1 N–H and O–H groups in total. The monoisotopic (exact) mass is 289 g/mol. The van der Waals surface area contributed by atoms with E-state index in [-0.39, 0.29) is 23.6 Å². The Kier molecular flexibility index (Phi) is 4.67. The Labute approximate surface area is 115 Å². The largest absolute Gasteiger partial charge is 0.337 e. The number of likely N-dealkylation sites (tertiary alicyclic amines) is 1. The van der Waals surface area contributed by atoms with Crippen molar-refractivity contribution in [3.63, 3.8) is 0 Å². The van der Waals surface area contributed by atoms with Crippen LogP contribution in [0, 0.1) is 0 Å². The summed E-state index contributed by atoms with van der Waals surface area (Å²) in [6.07, 6.45) is 3.04. The summed E-state index contributed by atoms with van der Waals surface area (Å²) in [7, 11) is -1.26. The highest BCUT2D eigenvalue weighted by molar-refractivity contribution is 7.91. The summed E-state index contributed by atoms with van der Waals surface area (Å²) in [6, 6.07) is -0.335. The molecule has 2 heterocycles. The first-order chi connectivity index (χ1) is 8.98. The predicted molar refractivity (Wildman–Crippen MR) is 73.9 cm³/mol. The highest BCUT2D eigenvalue weighted by atomic mass is 32.2. The molecule has 2 saturated heterocycles. The molecule has 2 aliphatic heterocycles. The van der Waals surface area contributed by atoms with Gasteiger partial charge in [0.15, 0.2) is 9.84 Å². The van der Waals surface area contributed by atoms with Gasteiger partial charge in [0.2, 0.25) is 0 Å². The molecule has 110 valence electrons. The van der Waals surface area contributed by atoms with Gasteiger partial charge < -0.3 is 15.1 Å². The van der Waals surface area contributed by atoms with Crippen LogP contribution in [0.2, 0.25) is 0 Å². The van der Waals surface area contributed by atoms with E-state index in [1.807, 2.05) is 0 Å². The molecular formula is C12H23N3O3S. The number of amides is 2. The third kappa shape index (κ3) is 4.07. The van der Waals surface area contributed by atoms with Crippen molar-refractivity contribution < 1.29 is 13.2 Å². The molecule has 0 aromatic rings. The molecule has 0 aliphatic carbocycles. The first-order valence-electron chi connectivity index (χ1n) is 6.91. The molecule has 2 fully saturated rings. The van der Waals surface area contributed by atoms with Crippen molar-refractivity contribution in [1.29, 1.82) is 0 Å². The number of hydrogen-bond donors (Lipinski definition) is 1. The van der Waals surface area contributed by atoms with E-state index in [0.29, 0.717) is 13.0 Å². The topological polar surface area (TPSA) is 69.7 Å². The second kappa shape index (κ2) is 6.09. The van der Waals surface area contributed by atoms with Gasteiger partial charge in [-0.15, -0.1) is 0 Å². The molecule has 0 bridgehead atoms. The van der Waals surface area contributed by atoms with Gasteiger partial charge >= 0.3 is 6.03 Å². The minimum Gasteiger partial charge on any atom is -0.337 e. The van der Waals surface area contributed by atoms with Crippen molar-refractivity contribution >= 4 is 15.9 Å². The average Bonchev–Trinajstić information content (AvgIpc) is 2.97. The number of hydrogen-bond acceptors (Lipinski definition) is 4. The highest BCUT2D eigenvalue weighted by Gasteiger charge is 2.32. The van der Waals surface area contributed by atoms with Gasteiger partial charge in [-0.2, -0.15) is 0 Å². The molecular weight excluding hydrogens is 266 g/mol. The van der Waals surface area contributed by atoms with E-state index in [2.05, 4.69) is 10.2 Å². The van der Waals surface area contributed by atoms with Crippen LogP contribution >= 0.6 is 0 Å². The smallest absolute Gasteiger partial charge is 0.317 e. The molecule has 0 saturated carbocycles. The summed E-state index contributed by atoms with van der Waals surface area (Å²) in [4.78, 5) is 15.8. The molecule has 2 rings (SSSR count). The molecule has 0 aromatic carbocycles. The van der Waals surface area contributed by atoms with E-state index in [1.54, 1.807) is 7.05 Å². The second-order valence-electron chi connectivity index (χ2n) is 5.45. The number of rotatable bonds is 4. The standard InChI is InChI=1S/C12H23N3O3S/c1-14(11-4-9-19(17,18)10-11)12(16)13-5-8-15-6-2-3-7-15/h11H,2-10H2,1H3,(H,13,16)/t11-/m1/s1. The van der Waals surface area contributed by atoms with Crippen LogP contribution in [0.5, 0.6) is 0 Å². The predicted octanol–water partition coefficient (Wildman–Crippen LogP) is -0.0893. The maximum Gasteiger partial charge on any atom is 0.317 e. The van der Waals surface area contributed by atoms with Gasteiger partial charge in [-0.1, -0.05) is 0 Å². The molecule has 1 atom stereocenters. The van der Waals surface area contributed by atoms with E-state index in [9.17, 15) is 13.2 Å². The lowest BCUT2D eigenvalue weighted by Gasteiger charge is -2.24. The van der Waals surface area contributed by atoms with Crippen LogP contribution in [-0.4, -0.2) is 75.0 Å². The van der Waals surface area contributed by atoms with Gasteiger partial charge in [0.1, 0.15) is 0 Å². The average molecular weight is 289 g/mol. The first kappa shape index (κ1) is 14.6.